The summed E-state index contributed by atoms with van der Waals surface area (Å²) in [5, 5.41) is 3.13. The number of para-hydroxylation sites is 1. The van der Waals surface area contributed by atoms with Crippen molar-refractivity contribution >= 4 is 17.5 Å². The van der Waals surface area contributed by atoms with Crippen LogP contribution in [0.25, 0.3) is 11.1 Å². The molecule has 0 unspecified atom stereocenters. The Hall–Kier alpha value is -4.36. The lowest BCUT2D eigenvalue weighted by atomic mass is 9.97. The number of methoxy groups -OCH3 is 1. The number of rotatable bonds is 7. The maximum Gasteiger partial charge on any atom is 0.267 e. The maximum absolute atomic E-state index is 14.1. The van der Waals surface area contributed by atoms with Gasteiger partial charge in [-0.2, -0.15) is 0 Å². The van der Waals surface area contributed by atoms with E-state index in [-0.39, 0.29) is 11.8 Å². The van der Waals surface area contributed by atoms with Crippen LogP contribution >= 0.6 is 0 Å². The summed E-state index contributed by atoms with van der Waals surface area (Å²) in [6.45, 7) is 6.68. The van der Waals surface area contributed by atoms with Crippen LogP contribution in [0.3, 0.4) is 0 Å². The number of benzene rings is 3. The van der Waals surface area contributed by atoms with Crippen molar-refractivity contribution in [2.75, 3.05) is 38.2 Å². The van der Waals surface area contributed by atoms with E-state index >= 15 is 0 Å². The number of likely N-dealkylation sites (tertiary alicyclic amines) is 1. The normalized spacial score (nSPS) is 15.0. The Morgan fingerprint density at radius 1 is 0.881 bits per heavy atom. The van der Waals surface area contributed by atoms with E-state index in [9.17, 15) is 9.59 Å². The van der Waals surface area contributed by atoms with E-state index in [1.54, 1.807) is 7.11 Å². The van der Waals surface area contributed by atoms with Crippen LogP contribution in [0.15, 0.2) is 78.9 Å². The highest BCUT2D eigenvalue weighted by Crippen LogP contribution is 2.32. The fourth-order valence-corrected chi connectivity index (χ4v) is 6.21. The number of nitrogens with zero attached hydrogens (tertiary/aromatic N) is 3. The fourth-order valence-electron chi connectivity index (χ4n) is 6.21. The van der Waals surface area contributed by atoms with Gasteiger partial charge in [-0.05, 0) is 97.6 Å². The summed E-state index contributed by atoms with van der Waals surface area (Å²) in [7, 11) is 1.66. The van der Waals surface area contributed by atoms with Gasteiger partial charge in [-0.3, -0.25) is 9.59 Å². The summed E-state index contributed by atoms with van der Waals surface area (Å²) in [6, 6.07) is 25.7. The molecule has 216 valence electrons. The average Bonchev–Trinajstić information content (AvgIpc) is 3.34. The van der Waals surface area contributed by atoms with Gasteiger partial charge in [0.15, 0.2) is 0 Å². The van der Waals surface area contributed by atoms with Gasteiger partial charge in [0.25, 0.3) is 11.8 Å². The molecule has 2 aliphatic rings. The Balaban J connectivity index is 1.24. The van der Waals surface area contributed by atoms with E-state index in [4.69, 9.17) is 4.74 Å². The smallest absolute Gasteiger partial charge is 0.267 e. The summed E-state index contributed by atoms with van der Waals surface area (Å²) in [4.78, 5) is 31.6. The third-order valence-electron chi connectivity index (χ3n) is 8.50. The van der Waals surface area contributed by atoms with Crippen LogP contribution in [-0.2, 0) is 13.1 Å². The van der Waals surface area contributed by atoms with Crippen LogP contribution in [-0.4, -0.2) is 54.6 Å². The van der Waals surface area contributed by atoms with Crippen molar-refractivity contribution in [3.8, 4) is 16.9 Å². The van der Waals surface area contributed by atoms with Crippen molar-refractivity contribution in [1.29, 1.82) is 0 Å². The van der Waals surface area contributed by atoms with Crippen molar-refractivity contribution in [3.63, 3.8) is 0 Å². The molecule has 0 spiro atoms. The van der Waals surface area contributed by atoms with Crippen LogP contribution in [0, 0.1) is 6.92 Å². The largest absolute Gasteiger partial charge is 0.497 e. The van der Waals surface area contributed by atoms with Gasteiger partial charge < -0.3 is 24.4 Å². The van der Waals surface area contributed by atoms with E-state index in [0.29, 0.717) is 30.9 Å². The summed E-state index contributed by atoms with van der Waals surface area (Å²) < 4.78 is 7.46. The number of carbonyl (C=O) groups excluding carboxylic acids is 2. The summed E-state index contributed by atoms with van der Waals surface area (Å²) in [5.74, 6) is 0.662. The van der Waals surface area contributed by atoms with Crippen molar-refractivity contribution in [2.45, 2.75) is 39.3 Å². The molecule has 3 heterocycles. The number of piperidine rings is 1. The quantitative estimate of drug-likeness (QED) is 0.305. The minimum absolute atomic E-state index is 0.0649. The molecule has 6 rings (SSSR count). The van der Waals surface area contributed by atoms with Gasteiger partial charge >= 0.3 is 0 Å². The molecule has 1 fully saturated rings. The summed E-state index contributed by atoms with van der Waals surface area (Å²) in [5.41, 5.74) is 7.20. The number of ether oxygens (including phenoxy) is 1. The third-order valence-corrected chi connectivity index (χ3v) is 8.50. The van der Waals surface area contributed by atoms with Crippen LogP contribution in [0.1, 0.15) is 56.9 Å². The zero-order valence-corrected chi connectivity index (χ0v) is 24.4. The highest BCUT2D eigenvalue weighted by Gasteiger charge is 2.27. The van der Waals surface area contributed by atoms with Gasteiger partial charge in [-0.1, -0.05) is 42.8 Å². The fraction of sp³-hybridized carbons (Fsp3) is 0.314. The Labute approximate surface area is 247 Å². The van der Waals surface area contributed by atoms with Gasteiger partial charge in [-0.15, -0.1) is 0 Å². The van der Waals surface area contributed by atoms with E-state index in [1.807, 2.05) is 90.7 Å². The van der Waals surface area contributed by atoms with E-state index in [2.05, 4.69) is 14.8 Å². The average molecular weight is 563 g/mol. The lowest BCUT2D eigenvalue weighted by molar-refractivity contribution is 0.0937. The molecule has 1 aromatic heterocycles. The van der Waals surface area contributed by atoms with Crippen molar-refractivity contribution in [2.24, 2.45) is 0 Å². The number of nitrogens with one attached hydrogen (secondary N) is 1. The number of amides is 2. The van der Waals surface area contributed by atoms with E-state index < -0.39 is 0 Å². The molecule has 7 heteroatoms. The minimum Gasteiger partial charge on any atom is -0.497 e. The number of aryl methyl sites for hydroxylation is 1. The number of aromatic nitrogens is 1. The molecule has 1 saturated heterocycles. The molecule has 4 aromatic rings. The number of hydrogen-bond acceptors (Lipinski definition) is 4. The molecule has 0 aliphatic carbocycles. The molecule has 2 amide bonds. The van der Waals surface area contributed by atoms with Gasteiger partial charge in [0.05, 0.1) is 20.2 Å². The molecule has 7 nitrogen and oxygen atoms in total. The Kier molecular flexibility index (Phi) is 8.11. The lowest BCUT2D eigenvalue weighted by Gasteiger charge is -2.26. The molecule has 1 N–H and O–H groups in total. The SMILES string of the molecule is COc1cccc(-c2ccc(C(=O)N3Cc4ccc(C(=O)NCCN5CCCCC5)n4Cc4ccccc43)cc2C)c1. The molecular weight excluding hydrogens is 524 g/mol. The second-order valence-electron chi connectivity index (χ2n) is 11.2. The topological polar surface area (TPSA) is 66.8 Å². The monoisotopic (exact) mass is 562 g/mol. The summed E-state index contributed by atoms with van der Waals surface area (Å²) >= 11 is 0. The van der Waals surface area contributed by atoms with Crippen LogP contribution < -0.4 is 15.0 Å². The first-order valence-electron chi connectivity index (χ1n) is 14.9. The number of anilines is 1. The van der Waals surface area contributed by atoms with Crippen LogP contribution in [0.2, 0.25) is 0 Å². The zero-order chi connectivity index (χ0) is 29.1. The van der Waals surface area contributed by atoms with Crippen LogP contribution in [0.5, 0.6) is 5.75 Å². The van der Waals surface area contributed by atoms with Crippen molar-refractivity contribution in [1.82, 2.24) is 14.8 Å². The first kappa shape index (κ1) is 27.8. The van der Waals surface area contributed by atoms with Gasteiger partial charge in [0, 0.05) is 30.0 Å². The lowest BCUT2D eigenvalue weighted by Crippen LogP contribution is -2.38. The highest BCUT2D eigenvalue weighted by atomic mass is 16.5. The second kappa shape index (κ2) is 12.2. The predicted molar refractivity (Wildman–Crippen MR) is 166 cm³/mol. The molecule has 0 bridgehead atoms. The van der Waals surface area contributed by atoms with Gasteiger partial charge in [-0.25, -0.2) is 0 Å². The predicted octanol–water partition coefficient (Wildman–Crippen LogP) is 5.90. The molecule has 0 radical (unpaired) electrons. The molecular formula is C35H38N4O3. The van der Waals surface area contributed by atoms with E-state index in [1.165, 1.54) is 19.3 Å². The standard InChI is InChI=1S/C35H38N4O3/c1-25-21-27(13-15-31(25)26-10-8-11-30(22-26)42-2)35(41)39-24-29-14-16-33(38(29)23-28-9-4-5-12-32(28)39)34(40)36-17-20-37-18-6-3-7-19-37/h4-5,8-16,21-22H,3,6-7,17-20,23-24H2,1-2H3,(H,36,40). The number of carbonyl (C=O) groups is 2. The Morgan fingerprint density at radius 2 is 1.71 bits per heavy atom. The summed E-state index contributed by atoms with van der Waals surface area (Å²) in [6.07, 6.45) is 3.77. The molecule has 2 aliphatic heterocycles. The third kappa shape index (κ3) is 5.70. The van der Waals surface area contributed by atoms with Crippen molar-refractivity contribution < 1.29 is 14.3 Å². The minimum atomic E-state index is -0.0701. The maximum atomic E-state index is 14.1. The zero-order valence-electron chi connectivity index (χ0n) is 24.4. The van der Waals surface area contributed by atoms with Crippen molar-refractivity contribution in [3.05, 3.63) is 107 Å². The first-order chi connectivity index (χ1) is 20.5. The highest BCUT2D eigenvalue weighted by molar-refractivity contribution is 6.07. The molecule has 3 aromatic carbocycles. The van der Waals surface area contributed by atoms with Gasteiger partial charge in [0.2, 0.25) is 0 Å². The second-order valence-corrected chi connectivity index (χ2v) is 11.2. The van der Waals surface area contributed by atoms with Gasteiger partial charge in [0.1, 0.15) is 11.4 Å². The molecule has 42 heavy (non-hydrogen) atoms. The Bertz CT molecular complexity index is 1600. The number of hydrogen-bond donors (Lipinski definition) is 1. The first-order valence-corrected chi connectivity index (χ1v) is 14.9. The number of fused-ring (bicyclic) bond motifs is 2. The van der Waals surface area contributed by atoms with E-state index in [0.717, 1.165) is 59.0 Å². The molecule has 0 atom stereocenters. The molecule has 0 saturated carbocycles. The Morgan fingerprint density at radius 3 is 2.52 bits per heavy atom. The van der Waals surface area contributed by atoms with Crippen LogP contribution in [0.4, 0.5) is 5.69 Å².